The van der Waals surface area contributed by atoms with Gasteiger partial charge in [-0.05, 0) is 126 Å². The van der Waals surface area contributed by atoms with Crippen LogP contribution in [-0.4, -0.2) is 0 Å². The lowest BCUT2D eigenvalue weighted by Gasteiger charge is -2.32. The Balaban J connectivity index is 1.06. The van der Waals surface area contributed by atoms with Crippen molar-refractivity contribution in [1.82, 2.24) is 0 Å². The zero-order valence-corrected chi connectivity index (χ0v) is 36.5. The van der Waals surface area contributed by atoms with Crippen LogP contribution in [-0.2, 0) is 5.41 Å². The van der Waals surface area contributed by atoms with Crippen molar-refractivity contribution < 1.29 is 4.42 Å². The molecule has 0 aliphatic heterocycles. The highest BCUT2D eigenvalue weighted by Crippen LogP contribution is 2.63. The molecule has 1 heterocycles. The van der Waals surface area contributed by atoms with Crippen LogP contribution in [0.15, 0.2) is 253 Å². The molecule has 0 saturated carbocycles. The van der Waals surface area contributed by atoms with Gasteiger partial charge < -0.3 is 9.32 Å². The van der Waals surface area contributed by atoms with Crippen LogP contribution in [0.1, 0.15) is 22.3 Å². The number of anilines is 3. The standard InChI is InChI=1S/C65H41NO/c1-3-19-42(20-4-1)44-23-17-24-45(39-44)66(46-37-38-53-52-30-13-16-34-59(52)65(60(53)40-46)57-32-14-11-28-50(57)51-29-12-15-33-58(51)65)61-35-18-36-62-63(61)56-41-55(49-27-9-10-31-54(49)64(56)67-62)48-26-8-7-25-47(48)43-21-5-2-6-22-43/h1-41H. The number of furan rings is 1. The van der Waals surface area contributed by atoms with Crippen molar-refractivity contribution in [1.29, 1.82) is 0 Å². The molecule has 67 heavy (non-hydrogen) atoms. The molecule has 2 nitrogen and oxygen atoms in total. The maximum absolute atomic E-state index is 7.07. The first-order valence-electron chi connectivity index (χ1n) is 23.2. The number of hydrogen-bond donors (Lipinski definition) is 0. The number of fused-ring (bicyclic) bond motifs is 15. The molecule has 2 aliphatic carbocycles. The van der Waals surface area contributed by atoms with Crippen molar-refractivity contribution in [2.45, 2.75) is 5.41 Å². The highest BCUT2D eigenvalue weighted by molar-refractivity contribution is 6.23. The quantitative estimate of drug-likeness (QED) is 0.166. The van der Waals surface area contributed by atoms with Crippen molar-refractivity contribution in [3.63, 3.8) is 0 Å². The van der Waals surface area contributed by atoms with Crippen molar-refractivity contribution >= 4 is 49.8 Å². The van der Waals surface area contributed by atoms with Gasteiger partial charge in [0.2, 0.25) is 0 Å². The van der Waals surface area contributed by atoms with Crippen LogP contribution in [0.3, 0.4) is 0 Å². The van der Waals surface area contributed by atoms with E-state index in [0.717, 1.165) is 55.3 Å². The Bertz CT molecular complexity index is 3870. The van der Waals surface area contributed by atoms with Gasteiger partial charge in [0.05, 0.1) is 16.5 Å². The predicted molar refractivity (Wildman–Crippen MR) is 279 cm³/mol. The fourth-order valence-electron chi connectivity index (χ4n) is 11.7. The summed E-state index contributed by atoms with van der Waals surface area (Å²) in [5.41, 5.74) is 21.9. The van der Waals surface area contributed by atoms with Gasteiger partial charge in [-0.25, -0.2) is 0 Å². The third-order valence-electron chi connectivity index (χ3n) is 14.5. The van der Waals surface area contributed by atoms with Crippen LogP contribution in [0.2, 0.25) is 0 Å². The monoisotopic (exact) mass is 851 g/mol. The lowest BCUT2D eigenvalue weighted by atomic mass is 9.70. The Kier molecular flexibility index (Phi) is 8.23. The number of nitrogens with zero attached hydrogens (tertiary/aromatic N) is 1. The molecule has 0 saturated heterocycles. The highest BCUT2D eigenvalue weighted by Gasteiger charge is 2.51. The summed E-state index contributed by atoms with van der Waals surface area (Å²) in [6.45, 7) is 0. The molecule has 0 unspecified atom stereocenters. The van der Waals surface area contributed by atoms with Gasteiger partial charge in [0.25, 0.3) is 0 Å². The summed E-state index contributed by atoms with van der Waals surface area (Å²) in [5.74, 6) is 0. The molecule has 1 spiro atoms. The first-order chi connectivity index (χ1) is 33.3. The lowest BCUT2D eigenvalue weighted by molar-refractivity contribution is 0.672. The first kappa shape index (κ1) is 37.6. The van der Waals surface area contributed by atoms with E-state index >= 15 is 0 Å². The zero-order chi connectivity index (χ0) is 44.1. The third kappa shape index (κ3) is 5.45. The molecular formula is C65H41NO. The van der Waals surface area contributed by atoms with E-state index in [4.69, 9.17) is 4.42 Å². The fraction of sp³-hybridized carbons (Fsp3) is 0.0154. The molecule has 1 aromatic heterocycles. The summed E-state index contributed by atoms with van der Waals surface area (Å²) in [4.78, 5) is 2.47. The SMILES string of the molecule is c1ccc(-c2cccc(N(c3ccc4c(c3)C3(c5ccccc5-c5ccccc53)c3ccccc3-4)c3cccc4oc5c6ccccc6c(-c6ccccc6-c6ccccc6)cc5c34)c2)cc1. The molecule has 0 N–H and O–H groups in total. The lowest BCUT2D eigenvalue weighted by Crippen LogP contribution is -2.26. The van der Waals surface area contributed by atoms with E-state index in [1.54, 1.807) is 0 Å². The Labute approximate surface area is 389 Å². The summed E-state index contributed by atoms with van der Waals surface area (Å²) in [5, 5.41) is 4.40. The summed E-state index contributed by atoms with van der Waals surface area (Å²) >= 11 is 0. The molecular weight excluding hydrogens is 811 g/mol. The normalized spacial score (nSPS) is 12.9. The second-order valence-corrected chi connectivity index (χ2v) is 17.9. The number of hydrogen-bond acceptors (Lipinski definition) is 2. The van der Waals surface area contributed by atoms with Crippen LogP contribution in [0.25, 0.3) is 88.3 Å². The first-order valence-corrected chi connectivity index (χ1v) is 23.2. The average molecular weight is 852 g/mol. The molecule has 0 radical (unpaired) electrons. The molecule has 312 valence electrons. The van der Waals surface area contributed by atoms with Gasteiger partial charge in [0, 0.05) is 22.1 Å². The highest BCUT2D eigenvalue weighted by atomic mass is 16.3. The molecule has 0 atom stereocenters. The van der Waals surface area contributed by atoms with Crippen LogP contribution in [0.5, 0.6) is 0 Å². The smallest absolute Gasteiger partial charge is 0.143 e. The Hall–Kier alpha value is -8.72. The zero-order valence-electron chi connectivity index (χ0n) is 36.5. The summed E-state index contributed by atoms with van der Waals surface area (Å²) in [6.07, 6.45) is 0. The Morgan fingerprint density at radius 1 is 0.299 bits per heavy atom. The van der Waals surface area contributed by atoms with Gasteiger partial charge in [-0.2, -0.15) is 0 Å². The van der Waals surface area contributed by atoms with E-state index in [1.165, 1.54) is 72.3 Å². The Morgan fingerprint density at radius 3 is 1.51 bits per heavy atom. The van der Waals surface area contributed by atoms with Gasteiger partial charge in [-0.1, -0.05) is 206 Å². The van der Waals surface area contributed by atoms with Crippen molar-refractivity contribution in [2.24, 2.45) is 0 Å². The second-order valence-electron chi connectivity index (χ2n) is 17.9. The van der Waals surface area contributed by atoms with Crippen molar-refractivity contribution in [3.8, 4) is 55.6 Å². The molecule has 12 aromatic rings. The van der Waals surface area contributed by atoms with E-state index in [0.29, 0.717) is 0 Å². The minimum absolute atomic E-state index is 0.485. The van der Waals surface area contributed by atoms with Gasteiger partial charge in [0.1, 0.15) is 11.2 Å². The third-order valence-corrected chi connectivity index (χ3v) is 14.5. The second kappa shape index (κ2) is 14.7. The van der Waals surface area contributed by atoms with Crippen LogP contribution >= 0.6 is 0 Å². The van der Waals surface area contributed by atoms with Gasteiger partial charge in [-0.15, -0.1) is 0 Å². The summed E-state index contributed by atoms with van der Waals surface area (Å²) in [7, 11) is 0. The molecule has 2 aliphatic rings. The molecule has 0 bridgehead atoms. The van der Waals surface area contributed by atoms with E-state index in [2.05, 4.69) is 254 Å². The fourth-order valence-corrected chi connectivity index (χ4v) is 11.7. The van der Waals surface area contributed by atoms with Crippen LogP contribution < -0.4 is 4.90 Å². The van der Waals surface area contributed by atoms with E-state index in [1.807, 2.05) is 0 Å². The predicted octanol–water partition coefficient (Wildman–Crippen LogP) is 17.6. The Morgan fingerprint density at radius 2 is 0.821 bits per heavy atom. The van der Waals surface area contributed by atoms with E-state index in [9.17, 15) is 0 Å². The van der Waals surface area contributed by atoms with Crippen LogP contribution in [0, 0.1) is 0 Å². The van der Waals surface area contributed by atoms with Crippen molar-refractivity contribution in [2.75, 3.05) is 4.90 Å². The maximum Gasteiger partial charge on any atom is 0.143 e. The largest absolute Gasteiger partial charge is 0.455 e. The van der Waals surface area contributed by atoms with Crippen LogP contribution in [0.4, 0.5) is 17.1 Å². The minimum Gasteiger partial charge on any atom is -0.455 e. The van der Waals surface area contributed by atoms with Gasteiger partial charge in [0.15, 0.2) is 0 Å². The summed E-state index contributed by atoms with van der Waals surface area (Å²) < 4.78 is 7.07. The molecule has 0 amide bonds. The van der Waals surface area contributed by atoms with E-state index < -0.39 is 5.41 Å². The minimum atomic E-state index is -0.485. The van der Waals surface area contributed by atoms with Crippen molar-refractivity contribution in [3.05, 3.63) is 271 Å². The molecule has 14 rings (SSSR count). The molecule has 2 heteroatoms. The number of benzene rings is 11. The number of rotatable bonds is 6. The molecule has 11 aromatic carbocycles. The topological polar surface area (TPSA) is 16.4 Å². The average Bonchev–Trinajstić information content (AvgIpc) is 4.04. The maximum atomic E-state index is 7.07. The summed E-state index contributed by atoms with van der Waals surface area (Å²) in [6, 6.07) is 91.2. The van der Waals surface area contributed by atoms with Gasteiger partial charge >= 0.3 is 0 Å². The molecule has 0 fully saturated rings. The van der Waals surface area contributed by atoms with E-state index in [-0.39, 0.29) is 0 Å². The van der Waals surface area contributed by atoms with Gasteiger partial charge in [-0.3, -0.25) is 0 Å².